The Morgan fingerprint density at radius 3 is 2.71 bits per heavy atom. The fourth-order valence-corrected chi connectivity index (χ4v) is 2.64. The maximum atomic E-state index is 12.2. The van der Waals surface area contributed by atoms with Gasteiger partial charge in [-0.3, -0.25) is 4.79 Å². The normalized spacial score (nSPS) is 21.6. The zero-order chi connectivity index (χ0) is 17.7. The summed E-state index contributed by atoms with van der Waals surface area (Å²) >= 11 is 0. The van der Waals surface area contributed by atoms with E-state index in [0.717, 1.165) is 5.56 Å². The minimum Gasteiger partial charge on any atom is -0.493 e. The topological polar surface area (TPSA) is 79.8 Å². The second-order valence-corrected chi connectivity index (χ2v) is 6.70. The van der Waals surface area contributed by atoms with Gasteiger partial charge in [0.25, 0.3) is 0 Å². The molecular formula is C18H28N2O4. The highest BCUT2D eigenvalue weighted by atomic mass is 16.5. The molecule has 0 aliphatic carbocycles. The molecule has 3 N–H and O–H groups in total. The molecule has 0 aromatic heterocycles. The van der Waals surface area contributed by atoms with Crippen molar-refractivity contribution in [3.63, 3.8) is 0 Å². The van der Waals surface area contributed by atoms with Crippen LogP contribution in [-0.2, 0) is 4.79 Å². The lowest BCUT2D eigenvalue weighted by molar-refractivity contribution is -0.123. The van der Waals surface area contributed by atoms with Crippen LogP contribution in [0.25, 0.3) is 0 Å². The maximum absolute atomic E-state index is 12.2. The molecule has 1 aromatic carbocycles. The minimum atomic E-state index is -0.450. The van der Waals surface area contributed by atoms with Gasteiger partial charge in [-0.05, 0) is 37.0 Å². The summed E-state index contributed by atoms with van der Waals surface area (Å²) in [4.78, 5) is 12.2. The number of aliphatic hydroxyl groups excluding tert-OH is 1. The summed E-state index contributed by atoms with van der Waals surface area (Å²) in [6.45, 7) is 7.19. The van der Waals surface area contributed by atoms with Crippen LogP contribution in [0.3, 0.4) is 0 Å². The van der Waals surface area contributed by atoms with E-state index in [0.29, 0.717) is 37.0 Å². The summed E-state index contributed by atoms with van der Waals surface area (Å²) in [5.41, 5.74) is 0.940. The Balaban J connectivity index is 2.01. The number of hydrogen-bond donors (Lipinski definition) is 3. The van der Waals surface area contributed by atoms with Crippen molar-refractivity contribution in [1.29, 1.82) is 0 Å². The first-order valence-corrected chi connectivity index (χ1v) is 8.43. The Kier molecular flexibility index (Phi) is 6.45. The molecule has 1 amide bonds. The molecule has 0 bridgehead atoms. The fraction of sp³-hybridized carbons (Fsp3) is 0.611. The lowest BCUT2D eigenvalue weighted by Gasteiger charge is -2.19. The van der Waals surface area contributed by atoms with Gasteiger partial charge in [0.05, 0.1) is 31.9 Å². The first-order chi connectivity index (χ1) is 11.4. The minimum absolute atomic E-state index is 0.0989. The van der Waals surface area contributed by atoms with Crippen molar-refractivity contribution in [1.82, 2.24) is 10.6 Å². The van der Waals surface area contributed by atoms with Crippen LogP contribution in [0.1, 0.15) is 38.8 Å². The zero-order valence-corrected chi connectivity index (χ0v) is 14.8. The Bertz CT molecular complexity index is 562. The summed E-state index contributed by atoms with van der Waals surface area (Å²) < 4.78 is 11.2. The van der Waals surface area contributed by atoms with Crippen LogP contribution < -0.4 is 20.1 Å². The molecule has 1 fully saturated rings. The van der Waals surface area contributed by atoms with Crippen molar-refractivity contribution in [2.75, 3.05) is 20.3 Å². The third kappa shape index (κ3) is 4.85. The number of rotatable bonds is 7. The number of β-amino-alcohol motifs (C(OH)–C–C–N with tert-alkyl or cyclic N) is 1. The van der Waals surface area contributed by atoms with Gasteiger partial charge in [0.15, 0.2) is 11.5 Å². The van der Waals surface area contributed by atoms with Gasteiger partial charge in [0.2, 0.25) is 5.91 Å². The number of hydrogen-bond acceptors (Lipinski definition) is 5. The SMILES string of the molecule is COc1cc([C@H](C)NC(=O)[C@H]2C[C@@H](O)CN2)ccc1OCC(C)C. The number of aliphatic hydroxyl groups is 1. The quantitative estimate of drug-likeness (QED) is 0.705. The standard InChI is InChI=1S/C18H28N2O4/c1-11(2)10-24-16-6-5-13(7-17(16)23-4)12(3)20-18(22)15-8-14(21)9-19-15/h5-7,11-12,14-15,19,21H,8-10H2,1-4H3,(H,20,22)/t12-,14+,15+/m0/s1. The number of carbonyl (C=O) groups excluding carboxylic acids is 1. The van der Waals surface area contributed by atoms with E-state index in [2.05, 4.69) is 24.5 Å². The molecule has 1 heterocycles. The monoisotopic (exact) mass is 336 g/mol. The van der Waals surface area contributed by atoms with E-state index in [-0.39, 0.29) is 18.0 Å². The third-order valence-electron chi connectivity index (χ3n) is 4.04. The van der Waals surface area contributed by atoms with Crippen LogP contribution in [0, 0.1) is 5.92 Å². The van der Waals surface area contributed by atoms with Crippen LogP contribution >= 0.6 is 0 Å². The predicted octanol–water partition coefficient (Wildman–Crippen LogP) is 1.63. The number of benzene rings is 1. The summed E-state index contributed by atoms with van der Waals surface area (Å²) in [7, 11) is 1.61. The van der Waals surface area contributed by atoms with Crippen LogP contribution in [0.4, 0.5) is 0 Å². The molecule has 2 rings (SSSR count). The van der Waals surface area contributed by atoms with E-state index in [4.69, 9.17) is 9.47 Å². The molecule has 0 saturated carbocycles. The maximum Gasteiger partial charge on any atom is 0.237 e. The first kappa shape index (κ1) is 18.5. The summed E-state index contributed by atoms with van der Waals surface area (Å²) in [5, 5.41) is 15.5. The predicted molar refractivity (Wildman–Crippen MR) is 92.3 cm³/mol. The van der Waals surface area contributed by atoms with E-state index < -0.39 is 6.10 Å². The van der Waals surface area contributed by atoms with Crippen molar-refractivity contribution in [2.45, 2.75) is 45.4 Å². The van der Waals surface area contributed by atoms with Gasteiger partial charge in [-0.25, -0.2) is 0 Å². The Hall–Kier alpha value is -1.79. The van der Waals surface area contributed by atoms with E-state index in [1.54, 1.807) is 7.11 Å². The molecule has 6 nitrogen and oxygen atoms in total. The molecule has 6 heteroatoms. The molecular weight excluding hydrogens is 308 g/mol. The molecule has 0 unspecified atom stereocenters. The van der Waals surface area contributed by atoms with Gasteiger partial charge in [0.1, 0.15) is 0 Å². The van der Waals surface area contributed by atoms with Gasteiger partial charge >= 0.3 is 0 Å². The highest BCUT2D eigenvalue weighted by Gasteiger charge is 2.28. The van der Waals surface area contributed by atoms with Crippen LogP contribution in [-0.4, -0.2) is 43.4 Å². The number of carbonyl (C=O) groups is 1. The zero-order valence-electron chi connectivity index (χ0n) is 14.8. The second-order valence-electron chi connectivity index (χ2n) is 6.70. The average molecular weight is 336 g/mol. The van der Waals surface area contributed by atoms with Crippen molar-refractivity contribution in [3.8, 4) is 11.5 Å². The van der Waals surface area contributed by atoms with Crippen LogP contribution in [0.5, 0.6) is 11.5 Å². The van der Waals surface area contributed by atoms with E-state index in [1.807, 2.05) is 25.1 Å². The van der Waals surface area contributed by atoms with Gasteiger partial charge < -0.3 is 25.2 Å². The van der Waals surface area contributed by atoms with Gasteiger partial charge in [-0.2, -0.15) is 0 Å². The van der Waals surface area contributed by atoms with Crippen molar-refractivity contribution >= 4 is 5.91 Å². The second kappa shape index (κ2) is 8.35. The van der Waals surface area contributed by atoms with Crippen molar-refractivity contribution < 1.29 is 19.4 Å². The van der Waals surface area contributed by atoms with E-state index in [1.165, 1.54) is 0 Å². The van der Waals surface area contributed by atoms with Crippen LogP contribution in [0.15, 0.2) is 18.2 Å². The molecule has 134 valence electrons. The van der Waals surface area contributed by atoms with E-state index >= 15 is 0 Å². The molecule has 1 aromatic rings. The lowest BCUT2D eigenvalue weighted by atomic mass is 10.1. The Labute approximate surface area is 143 Å². The Morgan fingerprint density at radius 1 is 1.38 bits per heavy atom. The highest BCUT2D eigenvalue weighted by Crippen LogP contribution is 2.30. The average Bonchev–Trinajstić information content (AvgIpc) is 2.99. The van der Waals surface area contributed by atoms with Gasteiger partial charge in [-0.15, -0.1) is 0 Å². The van der Waals surface area contributed by atoms with Crippen molar-refractivity contribution in [3.05, 3.63) is 23.8 Å². The molecule has 1 saturated heterocycles. The smallest absolute Gasteiger partial charge is 0.237 e. The van der Waals surface area contributed by atoms with E-state index in [9.17, 15) is 9.90 Å². The third-order valence-corrected chi connectivity index (χ3v) is 4.04. The number of amides is 1. The van der Waals surface area contributed by atoms with Crippen molar-refractivity contribution in [2.24, 2.45) is 5.92 Å². The molecule has 1 aliphatic heterocycles. The fourth-order valence-electron chi connectivity index (χ4n) is 2.64. The summed E-state index contributed by atoms with van der Waals surface area (Å²) in [5.74, 6) is 1.69. The molecule has 24 heavy (non-hydrogen) atoms. The molecule has 0 radical (unpaired) electrons. The van der Waals surface area contributed by atoms with Crippen LogP contribution in [0.2, 0.25) is 0 Å². The summed E-state index contributed by atoms with van der Waals surface area (Å²) in [6, 6.07) is 5.19. The van der Waals surface area contributed by atoms with Gasteiger partial charge in [0, 0.05) is 6.54 Å². The summed E-state index contributed by atoms with van der Waals surface area (Å²) in [6.07, 6.45) is -0.00216. The number of nitrogens with one attached hydrogen (secondary N) is 2. The highest BCUT2D eigenvalue weighted by molar-refractivity contribution is 5.82. The molecule has 3 atom stereocenters. The first-order valence-electron chi connectivity index (χ1n) is 8.43. The van der Waals surface area contributed by atoms with Gasteiger partial charge in [-0.1, -0.05) is 19.9 Å². The Morgan fingerprint density at radius 2 is 2.12 bits per heavy atom. The molecule has 0 spiro atoms. The number of methoxy groups -OCH3 is 1. The largest absolute Gasteiger partial charge is 0.493 e. The molecule has 1 aliphatic rings. The number of ether oxygens (including phenoxy) is 2. The lowest BCUT2D eigenvalue weighted by Crippen LogP contribution is -2.41.